The highest BCUT2D eigenvalue weighted by molar-refractivity contribution is 14.1. The van der Waals surface area contributed by atoms with Gasteiger partial charge in [-0.3, -0.25) is 0 Å². The van der Waals surface area contributed by atoms with E-state index in [1.807, 2.05) is 65.1 Å². The molecule has 3 nitrogen and oxygen atoms in total. The second kappa shape index (κ2) is 8.14. The molecule has 0 unspecified atom stereocenters. The molecule has 0 radical (unpaired) electrons. The predicted octanol–water partition coefficient (Wildman–Crippen LogP) is 4.14. The molecule has 0 aromatic heterocycles. The molecule has 0 fully saturated rings. The highest BCUT2D eigenvalue weighted by Crippen LogP contribution is 2.16. The fraction of sp³-hybridized carbons (Fsp3) is 0.235. The number of carboxylic acids is 1. The Morgan fingerprint density at radius 1 is 1.10 bits per heavy atom. The highest BCUT2D eigenvalue weighted by Gasteiger charge is 2.08. The Morgan fingerprint density at radius 2 is 1.86 bits per heavy atom. The molecule has 0 atom stereocenters. The van der Waals surface area contributed by atoms with Crippen molar-refractivity contribution in [2.75, 3.05) is 6.61 Å². The topological polar surface area (TPSA) is 46.5 Å². The zero-order valence-electron chi connectivity index (χ0n) is 11.6. The van der Waals surface area contributed by atoms with Crippen molar-refractivity contribution in [1.29, 1.82) is 0 Å². The van der Waals surface area contributed by atoms with Crippen LogP contribution in [0.15, 0.2) is 48.5 Å². The van der Waals surface area contributed by atoms with E-state index in [4.69, 9.17) is 9.84 Å². The van der Waals surface area contributed by atoms with E-state index in [0.717, 1.165) is 22.0 Å². The number of ether oxygens (including phenoxy) is 1. The van der Waals surface area contributed by atoms with Gasteiger partial charge in [0.25, 0.3) is 0 Å². The van der Waals surface area contributed by atoms with Gasteiger partial charge in [0, 0.05) is 10.2 Å². The number of carboxylic acid groups (broad SMARTS) is 1. The lowest BCUT2D eigenvalue weighted by molar-refractivity contribution is 0.0695. The summed E-state index contributed by atoms with van der Waals surface area (Å²) in [7, 11) is 0. The van der Waals surface area contributed by atoms with Crippen molar-refractivity contribution < 1.29 is 14.6 Å². The van der Waals surface area contributed by atoms with Crippen molar-refractivity contribution in [1.82, 2.24) is 0 Å². The summed E-state index contributed by atoms with van der Waals surface area (Å²) in [6.45, 7) is 1.29. The predicted molar refractivity (Wildman–Crippen MR) is 90.5 cm³/mol. The molecule has 110 valence electrons. The standard InChI is InChI=1S/C17H17IO3/c18-16-9-8-13(11-15(16)17(19)20)7-4-10-21-12-14-5-2-1-3-6-14/h1-3,5-6,8-9,11H,4,7,10,12H2,(H,19,20). The third kappa shape index (κ3) is 5.13. The van der Waals surface area contributed by atoms with Gasteiger partial charge in [0.15, 0.2) is 0 Å². The number of hydrogen-bond acceptors (Lipinski definition) is 2. The first-order valence-electron chi connectivity index (χ1n) is 6.80. The molecule has 21 heavy (non-hydrogen) atoms. The van der Waals surface area contributed by atoms with Gasteiger partial charge in [-0.15, -0.1) is 0 Å². The summed E-state index contributed by atoms with van der Waals surface area (Å²) >= 11 is 2.04. The van der Waals surface area contributed by atoms with Crippen LogP contribution < -0.4 is 0 Å². The van der Waals surface area contributed by atoms with Gasteiger partial charge in [0.05, 0.1) is 12.2 Å². The average Bonchev–Trinajstić information content (AvgIpc) is 2.49. The third-order valence-electron chi connectivity index (χ3n) is 3.13. The summed E-state index contributed by atoms with van der Waals surface area (Å²) in [6, 6.07) is 15.6. The molecule has 0 saturated carbocycles. The molecular formula is C17H17IO3. The minimum Gasteiger partial charge on any atom is -0.478 e. The van der Waals surface area contributed by atoms with Crippen LogP contribution in [0.5, 0.6) is 0 Å². The van der Waals surface area contributed by atoms with Crippen LogP contribution in [0.3, 0.4) is 0 Å². The first-order valence-corrected chi connectivity index (χ1v) is 7.88. The van der Waals surface area contributed by atoms with Gasteiger partial charge in [0.1, 0.15) is 0 Å². The number of halogens is 1. The van der Waals surface area contributed by atoms with Crippen molar-refractivity contribution in [3.63, 3.8) is 0 Å². The highest BCUT2D eigenvalue weighted by atomic mass is 127. The fourth-order valence-corrected chi connectivity index (χ4v) is 2.60. The lowest BCUT2D eigenvalue weighted by atomic mass is 10.1. The van der Waals surface area contributed by atoms with Crippen LogP contribution in [-0.4, -0.2) is 17.7 Å². The zero-order chi connectivity index (χ0) is 15.1. The lowest BCUT2D eigenvalue weighted by Gasteiger charge is -2.06. The van der Waals surface area contributed by atoms with E-state index >= 15 is 0 Å². The van der Waals surface area contributed by atoms with Crippen LogP contribution in [-0.2, 0) is 17.8 Å². The maximum absolute atomic E-state index is 11.1. The molecule has 0 spiro atoms. The van der Waals surface area contributed by atoms with Gasteiger partial charge in [-0.05, 0) is 58.7 Å². The Bertz CT molecular complexity index is 596. The van der Waals surface area contributed by atoms with Gasteiger partial charge in [-0.1, -0.05) is 36.4 Å². The quantitative estimate of drug-likeness (QED) is 0.565. The molecule has 0 aliphatic heterocycles. The van der Waals surface area contributed by atoms with Crippen LogP contribution in [0.1, 0.15) is 27.9 Å². The molecule has 2 aromatic rings. The van der Waals surface area contributed by atoms with E-state index in [0.29, 0.717) is 18.8 Å². The number of hydrogen-bond donors (Lipinski definition) is 1. The second-order valence-corrected chi connectivity index (χ2v) is 5.92. The van der Waals surface area contributed by atoms with Gasteiger partial charge in [-0.2, -0.15) is 0 Å². The summed E-state index contributed by atoms with van der Waals surface area (Å²) in [5, 5.41) is 9.10. The molecule has 2 aromatic carbocycles. The SMILES string of the molecule is O=C(O)c1cc(CCCOCc2ccccc2)ccc1I. The van der Waals surface area contributed by atoms with Crippen LogP contribution >= 0.6 is 22.6 Å². The first-order chi connectivity index (χ1) is 10.2. The first kappa shape index (κ1) is 16.0. The number of carbonyl (C=O) groups is 1. The lowest BCUT2D eigenvalue weighted by Crippen LogP contribution is -2.02. The number of aryl methyl sites for hydroxylation is 1. The zero-order valence-corrected chi connectivity index (χ0v) is 13.7. The molecule has 0 saturated heterocycles. The Balaban J connectivity index is 1.76. The molecule has 0 aliphatic rings. The van der Waals surface area contributed by atoms with Crippen LogP contribution in [0.4, 0.5) is 0 Å². The second-order valence-electron chi connectivity index (χ2n) is 4.76. The Hall–Kier alpha value is -1.40. The van der Waals surface area contributed by atoms with Crippen LogP contribution in [0.2, 0.25) is 0 Å². The number of rotatable bonds is 7. The van der Waals surface area contributed by atoms with E-state index in [-0.39, 0.29) is 0 Å². The van der Waals surface area contributed by atoms with E-state index in [1.54, 1.807) is 6.07 Å². The largest absolute Gasteiger partial charge is 0.478 e. The Morgan fingerprint density at radius 3 is 2.57 bits per heavy atom. The molecule has 0 amide bonds. The molecule has 2 rings (SSSR count). The minimum atomic E-state index is -0.874. The van der Waals surface area contributed by atoms with Gasteiger partial charge >= 0.3 is 5.97 Å². The Kier molecular flexibility index (Phi) is 6.20. The molecule has 1 N–H and O–H groups in total. The van der Waals surface area contributed by atoms with Crippen molar-refractivity contribution in [3.05, 3.63) is 68.8 Å². The summed E-state index contributed by atoms with van der Waals surface area (Å²) in [5.41, 5.74) is 2.58. The van der Waals surface area contributed by atoms with E-state index < -0.39 is 5.97 Å². The van der Waals surface area contributed by atoms with Crippen molar-refractivity contribution in [2.45, 2.75) is 19.4 Å². The molecule has 0 bridgehead atoms. The summed E-state index contributed by atoms with van der Waals surface area (Å²) < 4.78 is 6.39. The smallest absolute Gasteiger partial charge is 0.336 e. The van der Waals surface area contributed by atoms with Crippen LogP contribution in [0.25, 0.3) is 0 Å². The summed E-state index contributed by atoms with van der Waals surface area (Å²) in [5.74, 6) is -0.874. The van der Waals surface area contributed by atoms with Crippen LogP contribution in [0, 0.1) is 3.57 Å². The maximum Gasteiger partial charge on any atom is 0.336 e. The summed E-state index contributed by atoms with van der Waals surface area (Å²) in [6.07, 6.45) is 1.71. The third-order valence-corrected chi connectivity index (χ3v) is 4.07. The summed E-state index contributed by atoms with van der Waals surface area (Å²) in [4.78, 5) is 11.1. The normalized spacial score (nSPS) is 10.5. The monoisotopic (exact) mass is 396 g/mol. The molecule has 4 heteroatoms. The number of benzene rings is 2. The average molecular weight is 396 g/mol. The molecular weight excluding hydrogens is 379 g/mol. The minimum absolute atomic E-state index is 0.373. The van der Waals surface area contributed by atoms with Gasteiger partial charge in [-0.25, -0.2) is 4.79 Å². The fourth-order valence-electron chi connectivity index (χ4n) is 2.03. The number of aromatic carboxylic acids is 1. The van der Waals surface area contributed by atoms with Gasteiger partial charge in [0.2, 0.25) is 0 Å². The van der Waals surface area contributed by atoms with Crippen molar-refractivity contribution in [3.8, 4) is 0 Å². The van der Waals surface area contributed by atoms with E-state index in [1.165, 1.54) is 5.56 Å². The Labute approximate surface area is 138 Å². The molecule has 0 heterocycles. The maximum atomic E-state index is 11.1. The van der Waals surface area contributed by atoms with E-state index in [9.17, 15) is 4.79 Å². The van der Waals surface area contributed by atoms with E-state index in [2.05, 4.69) is 0 Å². The van der Waals surface area contributed by atoms with Crippen molar-refractivity contribution >= 4 is 28.6 Å². The molecule has 0 aliphatic carbocycles. The van der Waals surface area contributed by atoms with Gasteiger partial charge < -0.3 is 9.84 Å². The van der Waals surface area contributed by atoms with Crippen molar-refractivity contribution in [2.24, 2.45) is 0 Å².